The topological polar surface area (TPSA) is 210 Å². The predicted molar refractivity (Wildman–Crippen MR) is 126 cm³/mol. The molecular formula is C21H10F6N2O12S2. The number of carboxylic acids is 1. The van der Waals surface area contributed by atoms with Crippen LogP contribution >= 0.6 is 0 Å². The summed E-state index contributed by atoms with van der Waals surface area (Å²) in [6.45, 7) is 0. The molecular weight excluding hydrogens is 650 g/mol. The summed E-state index contributed by atoms with van der Waals surface area (Å²) in [5.41, 5.74) is -15.0. The number of nitro benzene ring substituents is 2. The minimum Gasteiger partial charge on any atom is -0.478 e. The second-order valence-electron chi connectivity index (χ2n) is 7.87. The molecule has 0 unspecified atom stereocenters. The fourth-order valence-corrected chi connectivity index (χ4v) is 4.68. The summed E-state index contributed by atoms with van der Waals surface area (Å²) < 4.78 is 134. The van der Waals surface area contributed by atoms with E-state index in [-0.39, 0.29) is 12.1 Å². The third-order valence-corrected chi connectivity index (χ3v) is 8.03. The number of nitro groups is 2. The molecule has 3 aromatic carbocycles. The van der Waals surface area contributed by atoms with E-state index in [1.165, 1.54) is 0 Å². The van der Waals surface area contributed by atoms with Crippen LogP contribution < -0.4 is 9.47 Å². The number of sulfone groups is 2. The van der Waals surface area contributed by atoms with Crippen molar-refractivity contribution in [1.29, 1.82) is 0 Å². The second-order valence-corrected chi connectivity index (χ2v) is 11.8. The molecule has 0 saturated heterocycles. The van der Waals surface area contributed by atoms with Crippen LogP contribution in [0.1, 0.15) is 10.4 Å². The summed E-state index contributed by atoms with van der Waals surface area (Å²) in [5, 5.41) is 32.3. The molecule has 43 heavy (non-hydrogen) atoms. The Bertz CT molecular complexity index is 1750. The van der Waals surface area contributed by atoms with Gasteiger partial charge in [-0.2, -0.15) is 26.3 Å². The lowest BCUT2D eigenvalue weighted by Crippen LogP contribution is -2.23. The van der Waals surface area contributed by atoms with Crippen LogP contribution in [0, 0.1) is 20.2 Å². The number of rotatable bonds is 9. The number of carboxylic acid groups (broad SMARTS) is 1. The number of alkyl halides is 6. The van der Waals surface area contributed by atoms with Gasteiger partial charge in [0.05, 0.1) is 25.2 Å². The van der Waals surface area contributed by atoms with Crippen LogP contribution in [0.5, 0.6) is 23.0 Å². The van der Waals surface area contributed by atoms with E-state index in [1.54, 1.807) is 0 Å². The van der Waals surface area contributed by atoms with Gasteiger partial charge in [-0.1, -0.05) is 0 Å². The first kappa shape index (κ1) is 32.5. The van der Waals surface area contributed by atoms with Gasteiger partial charge in [0, 0.05) is 18.2 Å². The number of halogens is 6. The second kappa shape index (κ2) is 11.0. The van der Waals surface area contributed by atoms with E-state index in [2.05, 4.69) is 0 Å². The maximum Gasteiger partial charge on any atom is 0.501 e. The zero-order valence-corrected chi connectivity index (χ0v) is 21.7. The average molecular weight is 660 g/mol. The standard InChI is InChI=1S/C21H10F6N2O12S2/c22-20(23,24)42(36,37)13-1-3-17(15(8-13)28(32)33)40-11-5-10(19(30)31)6-12(7-11)41-18-4-2-14(9-16(18)29(34)35)43(38,39)21(25,26)27/h1-9H,(H,30,31). The number of ether oxygens (including phenoxy) is 2. The molecule has 1 N–H and O–H groups in total. The summed E-state index contributed by atoms with van der Waals surface area (Å²) >= 11 is 0. The number of hydrogen-bond donors (Lipinski definition) is 1. The van der Waals surface area contributed by atoms with Crippen LogP contribution in [0.3, 0.4) is 0 Å². The van der Waals surface area contributed by atoms with Crippen molar-refractivity contribution in [3.05, 3.63) is 80.4 Å². The Labute approximate surface area is 233 Å². The molecule has 0 aliphatic carbocycles. The van der Waals surface area contributed by atoms with Crippen LogP contribution in [0.2, 0.25) is 0 Å². The van der Waals surface area contributed by atoms with Crippen molar-refractivity contribution in [2.24, 2.45) is 0 Å². The molecule has 14 nitrogen and oxygen atoms in total. The highest BCUT2D eigenvalue weighted by atomic mass is 32.2. The largest absolute Gasteiger partial charge is 0.501 e. The monoisotopic (exact) mass is 660 g/mol. The minimum atomic E-state index is -6.03. The van der Waals surface area contributed by atoms with Crippen molar-refractivity contribution in [3.63, 3.8) is 0 Å². The molecule has 0 heterocycles. The molecule has 0 aliphatic rings. The molecule has 0 aromatic heterocycles. The minimum absolute atomic E-state index is 0.0243. The Morgan fingerprint density at radius 1 is 0.674 bits per heavy atom. The van der Waals surface area contributed by atoms with Gasteiger partial charge in [0.15, 0.2) is 0 Å². The van der Waals surface area contributed by atoms with Crippen molar-refractivity contribution in [2.45, 2.75) is 20.8 Å². The molecule has 3 rings (SSSR count). The molecule has 0 bridgehead atoms. The maximum absolute atomic E-state index is 12.9. The Morgan fingerprint density at radius 2 is 1.02 bits per heavy atom. The average Bonchev–Trinajstić information content (AvgIpc) is 2.87. The van der Waals surface area contributed by atoms with E-state index in [0.29, 0.717) is 36.4 Å². The summed E-state index contributed by atoms with van der Waals surface area (Å²) in [6, 6.07) is 3.71. The van der Waals surface area contributed by atoms with Crippen molar-refractivity contribution < 1.29 is 72.4 Å². The van der Waals surface area contributed by atoms with Gasteiger partial charge in [0.2, 0.25) is 11.5 Å². The highest BCUT2D eigenvalue weighted by Crippen LogP contribution is 2.41. The first-order chi connectivity index (χ1) is 19.6. The number of aromatic carboxylic acids is 1. The Kier molecular flexibility index (Phi) is 8.33. The van der Waals surface area contributed by atoms with Gasteiger partial charge in [0.1, 0.15) is 11.5 Å². The lowest BCUT2D eigenvalue weighted by Gasteiger charge is -2.13. The molecule has 3 aromatic rings. The van der Waals surface area contributed by atoms with E-state index >= 15 is 0 Å². The predicted octanol–water partition coefficient (Wildman–Crippen LogP) is 5.37. The van der Waals surface area contributed by atoms with Gasteiger partial charge in [-0.05, 0) is 36.4 Å². The Balaban J connectivity index is 2.09. The van der Waals surface area contributed by atoms with Crippen molar-refractivity contribution in [2.75, 3.05) is 0 Å². The number of hydrogen-bond acceptors (Lipinski definition) is 11. The van der Waals surface area contributed by atoms with Gasteiger partial charge in [0.25, 0.3) is 19.7 Å². The van der Waals surface area contributed by atoms with E-state index in [0.717, 1.165) is 6.07 Å². The van der Waals surface area contributed by atoms with Crippen molar-refractivity contribution in [3.8, 4) is 23.0 Å². The van der Waals surface area contributed by atoms with Crippen molar-refractivity contribution >= 4 is 37.0 Å². The SMILES string of the molecule is O=C(O)c1cc(Oc2ccc(S(=O)(=O)C(F)(F)F)cc2[N+](=O)[O-])cc(Oc2ccc(S(=O)(=O)C(F)(F)F)cc2[N+](=O)[O-])c1. The fourth-order valence-electron chi connectivity index (χ4n) is 3.12. The van der Waals surface area contributed by atoms with Crippen LogP contribution in [0.15, 0.2) is 64.4 Å². The summed E-state index contributed by atoms with van der Waals surface area (Å²) in [7, 11) is -12.1. The van der Waals surface area contributed by atoms with Gasteiger partial charge < -0.3 is 14.6 Å². The Hall–Kier alpha value is -4.99. The molecule has 0 aliphatic heterocycles. The van der Waals surface area contributed by atoms with Crippen LogP contribution in [0.25, 0.3) is 0 Å². The summed E-state index contributed by atoms with van der Waals surface area (Å²) in [5.74, 6) is -4.83. The lowest BCUT2D eigenvalue weighted by molar-refractivity contribution is -0.385. The van der Waals surface area contributed by atoms with E-state index < -0.39 is 96.2 Å². The molecule has 0 atom stereocenters. The van der Waals surface area contributed by atoms with Gasteiger partial charge in [-0.25, -0.2) is 21.6 Å². The summed E-state index contributed by atoms with van der Waals surface area (Å²) in [4.78, 5) is 28.8. The molecule has 22 heteroatoms. The smallest absolute Gasteiger partial charge is 0.478 e. The quantitative estimate of drug-likeness (QED) is 0.174. The van der Waals surface area contributed by atoms with Crippen LogP contribution in [0.4, 0.5) is 37.7 Å². The zero-order valence-electron chi connectivity index (χ0n) is 20.1. The summed E-state index contributed by atoms with van der Waals surface area (Å²) in [6.07, 6.45) is 0. The van der Waals surface area contributed by atoms with Crippen LogP contribution in [-0.4, -0.2) is 48.8 Å². The number of carbonyl (C=O) groups is 1. The Morgan fingerprint density at radius 3 is 1.30 bits per heavy atom. The van der Waals surface area contributed by atoms with Gasteiger partial charge in [-0.3, -0.25) is 20.2 Å². The molecule has 0 amide bonds. The zero-order chi connectivity index (χ0) is 32.7. The number of nitrogens with zero attached hydrogens (tertiary/aromatic N) is 2. The fraction of sp³-hybridized carbons (Fsp3) is 0.0952. The van der Waals surface area contributed by atoms with Gasteiger partial charge in [-0.15, -0.1) is 0 Å². The van der Waals surface area contributed by atoms with Crippen LogP contribution in [-0.2, 0) is 19.7 Å². The highest BCUT2D eigenvalue weighted by Gasteiger charge is 2.48. The van der Waals surface area contributed by atoms with E-state index in [1.807, 2.05) is 0 Å². The molecule has 0 spiro atoms. The third-order valence-electron chi connectivity index (χ3n) is 5.07. The lowest BCUT2D eigenvalue weighted by atomic mass is 10.2. The third kappa shape index (κ3) is 6.58. The molecule has 230 valence electrons. The maximum atomic E-state index is 12.9. The molecule has 0 saturated carbocycles. The molecule has 0 radical (unpaired) electrons. The first-order valence-corrected chi connectivity index (χ1v) is 13.5. The highest BCUT2D eigenvalue weighted by molar-refractivity contribution is 7.92. The number of benzene rings is 3. The van der Waals surface area contributed by atoms with E-state index in [9.17, 15) is 73.3 Å². The normalized spacial score (nSPS) is 12.4. The first-order valence-electron chi connectivity index (χ1n) is 10.5. The van der Waals surface area contributed by atoms with Crippen molar-refractivity contribution in [1.82, 2.24) is 0 Å². The molecule has 0 fully saturated rings. The van der Waals surface area contributed by atoms with E-state index in [4.69, 9.17) is 9.47 Å². The van der Waals surface area contributed by atoms with Gasteiger partial charge >= 0.3 is 28.4 Å².